The Labute approximate surface area is 107 Å². The molecular formula is C10H12N4O3S. The Kier molecular flexibility index (Phi) is 3.04. The third-order valence-corrected chi connectivity index (χ3v) is 3.57. The van der Waals surface area contributed by atoms with Gasteiger partial charge < -0.3 is 19.9 Å². The molecule has 1 aliphatic rings. The molecule has 8 heteroatoms. The first kappa shape index (κ1) is 12.5. The molecule has 2 N–H and O–H groups in total. The number of anilines is 1. The minimum Gasteiger partial charge on any atom is -0.481 e. The first-order chi connectivity index (χ1) is 8.41. The van der Waals surface area contributed by atoms with Crippen molar-refractivity contribution < 1.29 is 14.7 Å². The molecule has 0 atom stereocenters. The normalized spacial score (nSPS) is 14.4. The number of amides is 1. The van der Waals surface area contributed by atoms with Gasteiger partial charge in [-0.25, -0.2) is 4.98 Å². The molecule has 0 spiro atoms. The quantitative estimate of drug-likeness (QED) is 0.764. The second kappa shape index (κ2) is 4.37. The van der Waals surface area contributed by atoms with Gasteiger partial charge in [-0.15, -0.1) is 0 Å². The van der Waals surface area contributed by atoms with Crippen molar-refractivity contribution in [1.82, 2.24) is 14.9 Å². The van der Waals surface area contributed by atoms with Crippen molar-refractivity contribution in [3.8, 4) is 0 Å². The van der Waals surface area contributed by atoms with E-state index in [0.29, 0.717) is 22.5 Å². The van der Waals surface area contributed by atoms with Gasteiger partial charge in [0.25, 0.3) is 5.91 Å². The van der Waals surface area contributed by atoms with Gasteiger partial charge in [0.15, 0.2) is 16.7 Å². The molecule has 7 nitrogen and oxygen atoms in total. The van der Waals surface area contributed by atoms with Crippen LogP contribution < -0.4 is 10.2 Å². The lowest BCUT2D eigenvalue weighted by Crippen LogP contribution is -2.39. The summed E-state index contributed by atoms with van der Waals surface area (Å²) in [5.41, 5.74) is 0.401. The number of rotatable bonds is 3. The van der Waals surface area contributed by atoms with E-state index in [1.165, 1.54) is 0 Å². The highest BCUT2D eigenvalue weighted by atomic mass is 32.2. The zero-order valence-corrected chi connectivity index (χ0v) is 10.7. The van der Waals surface area contributed by atoms with Crippen LogP contribution in [0.3, 0.4) is 0 Å². The highest BCUT2D eigenvalue weighted by Gasteiger charge is 2.30. The van der Waals surface area contributed by atoms with Crippen LogP contribution in [0.25, 0.3) is 0 Å². The van der Waals surface area contributed by atoms with Gasteiger partial charge in [0.05, 0.1) is 5.75 Å². The maximum absolute atomic E-state index is 11.8. The highest BCUT2D eigenvalue weighted by Crippen LogP contribution is 2.29. The number of carboxylic acids is 1. The summed E-state index contributed by atoms with van der Waals surface area (Å²) < 4.78 is 1.58. The van der Waals surface area contributed by atoms with Gasteiger partial charge in [-0.2, -0.15) is 0 Å². The Morgan fingerprint density at radius 1 is 1.56 bits per heavy atom. The van der Waals surface area contributed by atoms with Crippen LogP contribution in [0.2, 0.25) is 0 Å². The molecule has 0 saturated carbocycles. The zero-order valence-electron chi connectivity index (χ0n) is 9.93. The van der Waals surface area contributed by atoms with Crippen molar-refractivity contribution in [3.05, 3.63) is 18.1 Å². The number of carbonyl (C=O) groups excluding carboxylic acids is 1. The first-order valence-electron chi connectivity index (χ1n) is 5.07. The monoisotopic (exact) mass is 268 g/mol. The van der Waals surface area contributed by atoms with E-state index in [9.17, 15) is 9.59 Å². The van der Waals surface area contributed by atoms with Gasteiger partial charge in [0.2, 0.25) is 0 Å². The number of aromatic nitrogens is 2. The molecule has 0 bridgehead atoms. The van der Waals surface area contributed by atoms with Crippen LogP contribution in [0.4, 0.5) is 5.82 Å². The molecule has 0 unspecified atom stereocenters. The third-order valence-electron chi connectivity index (χ3n) is 2.56. The maximum Gasteiger partial charge on any atom is 0.313 e. The van der Waals surface area contributed by atoms with Crippen molar-refractivity contribution in [1.29, 1.82) is 0 Å². The number of hydrogen-bond acceptors (Lipinski definition) is 5. The second-order valence-corrected chi connectivity index (χ2v) is 4.71. The first-order valence-corrected chi connectivity index (χ1v) is 6.05. The van der Waals surface area contributed by atoms with Gasteiger partial charge in [-0.05, 0) is 0 Å². The molecule has 96 valence electrons. The summed E-state index contributed by atoms with van der Waals surface area (Å²) >= 11 is 1.07. The average Bonchev–Trinajstić information content (AvgIpc) is 2.61. The minimum absolute atomic E-state index is 0.101. The highest BCUT2D eigenvalue weighted by molar-refractivity contribution is 7.99. The minimum atomic E-state index is -0.928. The summed E-state index contributed by atoms with van der Waals surface area (Å²) in [4.78, 5) is 28.3. The Bertz CT molecular complexity index is 552. The van der Waals surface area contributed by atoms with Crippen LogP contribution in [-0.4, -0.2) is 39.3 Å². The molecule has 1 amide bonds. The summed E-state index contributed by atoms with van der Waals surface area (Å²) in [6.07, 6.45) is 0. The molecule has 1 aliphatic heterocycles. The molecule has 1 aromatic rings. The molecule has 2 heterocycles. The largest absolute Gasteiger partial charge is 0.481 e. The fourth-order valence-corrected chi connectivity index (χ4v) is 2.30. The Morgan fingerprint density at radius 2 is 2.22 bits per heavy atom. The SMILES string of the molecule is C=C1NC(=O)c2c(nc(SCC(=O)O)n2C)N1C. The van der Waals surface area contributed by atoms with E-state index in [-0.39, 0.29) is 11.7 Å². The fourth-order valence-electron chi connectivity index (χ4n) is 1.61. The number of thioether (sulfide) groups is 1. The topological polar surface area (TPSA) is 87.5 Å². The fraction of sp³-hybridized carbons (Fsp3) is 0.300. The van der Waals surface area contributed by atoms with E-state index in [4.69, 9.17) is 5.11 Å². The van der Waals surface area contributed by atoms with Crippen LogP contribution in [0, 0.1) is 0 Å². The number of nitrogens with one attached hydrogen (secondary N) is 1. The lowest BCUT2D eigenvalue weighted by Gasteiger charge is -2.25. The Balaban J connectivity index is 2.40. The average molecular weight is 268 g/mol. The zero-order chi connectivity index (χ0) is 13.4. The molecule has 0 saturated heterocycles. The van der Waals surface area contributed by atoms with Crippen LogP contribution in [0.5, 0.6) is 0 Å². The molecule has 1 aromatic heterocycles. The summed E-state index contributed by atoms with van der Waals surface area (Å²) in [5, 5.41) is 11.7. The van der Waals surface area contributed by atoms with E-state index < -0.39 is 5.97 Å². The molecule has 0 fully saturated rings. The standard InChI is InChI=1S/C10H12N4O3S/c1-5-11-9(17)7-8(13(5)2)12-10(14(7)3)18-4-6(15)16/h1,4H2,2-3H3,(H,11,17)(H,15,16). The van der Waals surface area contributed by atoms with Crippen LogP contribution in [-0.2, 0) is 11.8 Å². The predicted octanol–water partition coefficient (Wildman–Crippen LogP) is 0.248. The van der Waals surface area contributed by atoms with E-state index in [2.05, 4.69) is 16.9 Å². The van der Waals surface area contributed by atoms with E-state index in [1.54, 1.807) is 23.6 Å². The van der Waals surface area contributed by atoms with E-state index in [0.717, 1.165) is 11.8 Å². The Hall–Kier alpha value is -1.96. The van der Waals surface area contributed by atoms with Gasteiger partial charge in [-0.3, -0.25) is 9.59 Å². The molecular weight excluding hydrogens is 256 g/mol. The summed E-state index contributed by atoms with van der Waals surface area (Å²) in [5.74, 6) is -0.385. The van der Waals surface area contributed by atoms with Crippen molar-refractivity contribution >= 4 is 29.5 Å². The molecule has 0 aliphatic carbocycles. The van der Waals surface area contributed by atoms with Crippen molar-refractivity contribution in [2.75, 3.05) is 17.7 Å². The van der Waals surface area contributed by atoms with Crippen LogP contribution in [0.1, 0.15) is 10.5 Å². The predicted molar refractivity (Wildman–Crippen MR) is 66.6 cm³/mol. The molecule has 0 radical (unpaired) electrons. The van der Waals surface area contributed by atoms with Gasteiger partial charge in [0, 0.05) is 14.1 Å². The van der Waals surface area contributed by atoms with Crippen molar-refractivity contribution in [2.24, 2.45) is 7.05 Å². The lowest BCUT2D eigenvalue weighted by atomic mass is 10.3. The number of carboxylic acid groups (broad SMARTS) is 1. The number of aliphatic carboxylic acids is 1. The van der Waals surface area contributed by atoms with E-state index >= 15 is 0 Å². The smallest absolute Gasteiger partial charge is 0.313 e. The van der Waals surface area contributed by atoms with Crippen LogP contribution >= 0.6 is 11.8 Å². The molecule has 18 heavy (non-hydrogen) atoms. The summed E-state index contributed by atoms with van der Waals surface area (Å²) in [6.45, 7) is 3.70. The number of nitrogens with zero attached hydrogens (tertiary/aromatic N) is 3. The second-order valence-electron chi connectivity index (χ2n) is 3.77. The van der Waals surface area contributed by atoms with Crippen LogP contribution in [0.15, 0.2) is 17.6 Å². The number of hydrogen-bond donors (Lipinski definition) is 2. The van der Waals surface area contributed by atoms with Crippen molar-refractivity contribution in [2.45, 2.75) is 5.16 Å². The maximum atomic E-state index is 11.8. The number of fused-ring (bicyclic) bond motifs is 1. The number of imidazole rings is 1. The third kappa shape index (κ3) is 1.94. The van der Waals surface area contributed by atoms with Gasteiger partial charge >= 0.3 is 5.97 Å². The van der Waals surface area contributed by atoms with Crippen molar-refractivity contribution in [3.63, 3.8) is 0 Å². The number of carbonyl (C=O) groups is 2. The van der Waals surface area contributed by atoms with Gasteiger partial charge in [-0.1, -0.05) is 18.3 Å². The summed E-state index contributed by atoms with van der Waals surface area (Å²) in [6, 6.07) is 0. The lowest BCUT2D eigenvalue weighted by molar-refractivity contribution is -0.133. The van der Waals surface area contributed by atoms with E-state index in [1.807, 2.05) is 0 Å². The molecule has 2 rings (SSSR count). The Morgan fingerprint density at radius 3 is 2.83 bits per heavy atom. The summed E-state index contributed by atoms with van der Waals surface area (Å²) in [7, 11) is 3.41. The van der Waals surface area contributed by atoms with Gasteiger partial charge in [0.1, 0.15) is 5.82 Å². The molecule has 0 aromatic carbocycles.